The molecule has 25 heavy (non-hydrogen) atoms. The van der Waals surface area contributed by atoms with E-state index in [4.69, 9.17) is 4.74 Å². The third-order valence-corrected chi connectivity index (χ3v) is 3.97. The van der Waals surface area contributed by atoms with Crippen molar-refractivity contribution in [2.75, 3.05) is 6.61 Å². The van der Waals surface area contributed by atoms with Crippen LogP contribution in [0.2, 0.25) is 0 Å². The van der Waals surface area contributed by atoms with E-state index in [0.29, 0.717) is 0 Å². The van der Waals surface area contributed by atoms with Crippen molar-refractivity contribution in [3.63, 3.8) is 0 Å². The quantitative estimate of drug-likeness (QED) is 0.670. The molecule has 0 aliphatic rings. The molecule has 0 aliphatic carbocycles. The summed E-state index contributed by atoms with van der Waals surface area (Å²) in [6.45, 7) is 2.01. The summed E-state index contributed by atoms with van der Waals surface area (Å²) in [5, 5.41) is 0. The zero-order chi connectivity index (χ0) is 17.6. The minimum Gasteiger partial charge on any atom is -0.462 e. The summed E-state index contributed by atoms with van der Waals surface area (Å²) >= 11 is 0. The van der Waals surface area contributed by atoms with Gasteiger partial charge in [-0.2, -0.15) is 0 Å². The standard InChI is InChI=1S/C21H19NO3/c1-2-25-21(24)18-13-14-22(19(23)15-18)20(16-9-5-3-6-10-16)17-11-7-4-8-12-17/h3-15,20H,2H2,1H3. The van der Waals surface area contributed by atoms with E-state index in [1.165, 1.54) is 6.07 Å². The molecule has 126 valence electrons. The number of esters is 1. The maximum absolute atomic E-state index is 12.7. The molecule has 0 unspecified atom stereocenters. The zero-order valence-electron chi connectivity index (χ0n) is 14.0. The molecule has 1 aromatic heterocycles. The van der Waals surface area contributed by atoms with Crippen LogP contribution in [-0.2, 0) is 4.74 Å². The summed E-state index contributed by atoms with van der Waals surface area (Å²) in [5.74, 6) is -0.484. The summed E-state index contributed by atoms with van der Waals surface area (Å²) in [7, 11) is 0. The number of nitrogens with zero attached hydrogens (tertiary/aromatic N) is 1. The van der Waals surface area contributed by atoms with E-state index in [2.05, 4.69) is 0 Å². The molecule has 0 saturated heterocycles. The predicted molar refractivity (Wildman–Crippen MR) is 96.8 cm³/mol. The molecule has 0 bridgehead atoms. The van der Waals surface area contributed by atoms with Gasteiger partial charge in [0.1, 0.15) is 0 Å². The molecule has 0 N–H and O–H groups in total. The molecule has 1 heterocycles. The molecular formula is C21H19NO3. The van der Waals surface area contributed by atoms with Gasteiger partial charge in [-0.25, -0.2) is 4.79 Å². The van der Waals surface area contributed by atoms with E-state index in [1.807, 2.05) is 60.7 Å². The lowest BCUT2D eigenvalue weighted by Gasteiger charge is -2.21. The van der Waals surface area contributed by atoms with E-state index < -0.39 is 5.97 Å². The summed E-state index contributed by atoms with van der Waals surface area (Å²) < 4.78 is 6.60. The number of hydrogen-bond acceptors (Lipinski definition) is 3. The first-order chi connectivity index (χ1) is 12.2. The lowest BCUT2D eigenvalue weighted by atomic mass is 9.98. The molecule has 2 aromatic carbocycles. The fraction of sp³-hybridized carbons (Fsp3) is 0.143. The topological polar surface area (TPSA) is 48.3 Å². The van der Waals surface area contributed by atoms with Crippen LogP contribution in [0.25, 0.3) is 0 Å². The number of hydrogen-bond donors (Lipinski definition) is 0. The number of carbonyl (C=O) groups is 1. The molecule has 0 fully saturated rings. The Kier molecular flexibility index (Phi) is 5.09. The monoisotopic (exact) mass is 333 g/mol. The molecule has 0 radical (unpaired) electrons. The van der Waals surface area contributed by atoms with Crippen LogP contribution in [0.1, 0.15) is 34.5 Å². The van der Waals surface area contributed by atoms with Gasteiger partial charge >= 0.3 is 5.97 Å². The number of rotatable bonds is 5. The van der Waals surface area contributed by atoms with Gasteiger partial charge in [0.15, 0.2) is 0 Å². The zero-order valence-corrected chi connectivity index (χ0v) is 14.0. The Balaban J connectivity index is 2.09. The molecule has 4 nitrogen and oxygen atoms in total. The van der Waals surface area contributed by atoms with Gasteiger partial charge in [0.25, 0.3) is 5.56 Å². The highest BCUT2D eigenvalue weighted by molar-refractivity contribution is 5.89. The van der Waals surface area contributed by atoms with Gasteiger partial charge in [-0.15, -0.1) is 0 Å². The number of carbonyl (C=O) groups excluding carboxylic acids is 1. The van der Waals surface area contributed by atoms with Crippen molar-refractivity contribution in [3.05, 3.63) is 106 Å². The molecule has 0 aliphatic heterocycles. The lowest BCUT2D eigenvalue weighted by Crippen LogP contribution is -2.26. The molecular weight excluding hydrogens is 314 g/mol. The molecule has 0 amide bonds. The third-order valence-electron chi connectivity index (χ3n) is 3.97. The van der Waals surface area contributed by atoms with E-state index in [0.717, 1.165) is 11.1 Å². The second-order valence-corrected chi connectivity index (χ2v) is 5.61. The first kappa shape index (κ1) is 16.7. The van der Waals surface area contributed by atoms with E-state index in [-0.39, 0.29) is 23.8 Å². The van der Waals surface area contributed by atoms with E-state index >= 15 is 0 Å². The minimum atomic E-state index is -0.484. The normalized spacial score (nSPS) is 10.6. The van der Waals surface area contributed by atoms with Crippen molar-refractivity contribution < 1.29 is 9.53 Å². The van der Waals surface area contributed by atoms with Crippen molar-refractivity contribution in [3.8, 4) is 0 Å². The van der Waals surface area contributed by atoms with Crippen LogP contribution in [0.5, 0.6) is 0 Å². The number of aromatic nitrogens is 1. The van der Waals surface area contributed by atoms with Crippen LogP contribution in [0.15, 0.2) is 83.8 Å². The maximum Gasteiger partial charge on any atom is 0.338 e. The Labute approximate surface area is 146 Å². The van der Waals surface area contributed by atoms with Crippen LogP contribution in [0.3, 0.4) is 0 Å². The summed E-state index contributed by atoms with van der Waals surface area (Å²) in [6.07, 6.45) is 1.65. The second-order valence-electron chi connectivity index (χ2n) is 5.61. The van der Waals surface area contributed by atoms with Gasteiger partial charge < -0.3 is 9.30 Å². The molecule has 0 atom stereocenters. The lowest BCUT2D eigenvalue weighted by molar-refractivity contribution is 0.0526. The van der Waals surface area contributed by atoms with Crippen LogP contribution < -0.4 is 5.56 Å². The minimum absolute atomic E-state index is 0.247. The SMILES string of the molecule is CCOC(=O)c1ccn(C(c2ccccc2)c2ccccc2)c(=O)c1. The van der Waals surface area contributed by atoms with Crippen LogP contribution in [-0.4, -0.2) is 17.1 Å². The first-order valence-corrected chi connectivity index (χ1v) is 8.20. The largest absolute Gasteiger partial charge is 0.462 e. The van der Waals surface area contributed by atoms with Gasteiger partial charge in [0.2, 0.25) is 0 Å². The highest BCUT2D eigenvalue weighted by atomic mass is 16.5. The Morgan fingerprint density at radius 2 is 1.52 bits per heavy atom. The van der Waals surface area contributed by atoms with Gasteiger partial charge in [0.05, 0.1) is 18.2 Å². The second kappa shape index (κ2) is 7.62. The highest BCUT2D eigenvalue weighted by Crippen LogP contribution is 2.25. The van der Waals surface area contributed by atoms with Crippen molar-refractivity contribution in [1.82, 2.24) is 4.57 Å². The number of ether oxygens (including phenoxy) is 1. The predicted octanol–water partition coefficient (Wildman–Crippen LogP) is 3.66. The van der Waals surface area contributed by atoms with Crippen molar-refractivity contribution >= 4 is 5.97 Å². The van der Waals surface area contributed by atoms with Gasteiger partial charge in [0, 0.05) is 12.3 Å². The first-order valence-electron chi connectivity index (χ1n) is 8.20. The Hall–Kier alpha value is -3.14. The fourth-order valence-corrected chi connectivity index (χ4v) is 2.83. The van der Waals surface area contributed by atoms with Crippen molar-refractivity contribution in [2.45, 2.75) is 13.0 Å². The van der Waals surface area contributed by atoms with Crippen LogP contribution >= 0.6 is 0 Å². The summed E-state index contributed by atoms with van der Waals surface area (Å²) in [6, 6.07) is 22.3. The third kappa shape index (κ3) is 3.69. The Morgan fingerprint density at radius 3 is 2.00 bits per heavy atom. The average Bonchev–Trinajstić information content (AvgIpc) is 2.65. The van der Waals surface area contributed by atoms with Crippen LogP contribution in [0.4, 0.5) is 0 Å². The van der Waals surface area contributed by atoms with Crippen LogP contribution in [0, 0.1) is 0 Å². The Bertz CT molecular complexity index is 862. The molecule has 3 aromatic rings. The molecule has 3 rings (SSSR count). The molecule has 4 heteroatoms. The highest BCUT2D eigenvalue weighted by Gasteiger charge is 2.18. The van der Waals surface area contributed by atoms with Gasteiger partial charge in [-0.05, 0) is 24.1 Å². The smallest absolute Gasteiger partial charge is 0.338 e. The van der Waals surface area contributed by atoms with Crippen molar-refractivity contribution in [1.29, 1.82) is 0 Å². The van der Waals surface area contributed by atoms with E-state index in [9.17, 15) is 9.59 Å². The Morgan fingerprint density at radius 1 is 0.960 bits per heavy atom. The van der Waals surface area contributed by atoms with E-state index in [1.54, 1.807) is 23.8 Å². The van der Waals surface area contributed by atoms with Crippen molar-refractivity contribution in [2.24, 2.45) is 0 Å². The fourth-order valence-electron chi connectivity index (χ4n) is 2.83. The summed E-state index contributed by atoms with van der Waals surface area (Å²) in [4.78, 5) is 24.5. The average molecular weight is 333 g/mol. The molecule has 0 saturated carbocycles. The maximum atomic E-state index is 12.7. The number of benzene rings is 2. The number of pyridine rings is 1. The summed E-state index contributed by atoms with van der Waals surface area (Å²) in [5.41, 5.74) is 2.02. The van der Waals surface area contributed by atoms with Gasteiger partial charge in [-0.3, -0.25) is 4.79 Å². The molecule has 0 spiro atoms. The van der Waals surface area contributed by atoms with Gasteiger partial charge in [-0.1, -0.05) is 60.7 Å².